The minimum atomic E-state index is 0.407. The van der Waals surface area contributed by atoms with Gasteiger partial charge in [-0.05, 0) is 133 Å². The highest BCUT2D eigenvalue weighted by Gasteiger charge is 2.67. The van der Waals surface area contributed by atoms with Gasteiger partial charge in [-0.1, -0.05) is 131 Å². The second-order valence-corrected chi connectivity index (χ2v) is 19.3. The molecule has 6 rings (SSSR count). The first-order valence-electron chi connectivity index (χ1n) is 19.5. The van der Waals surface area contributed by atoms with E-state index in [1.54, 1.807) is 56.9 Å². The summed E-state index contributed by atoms with van der Waals surface area (Å²) in [5.74, 6) is 11.0. The Bertz CT molecular complexity index is 996. The molecule has 13 atom stereocenters. The van der Waals surface area contributed by atoms with E-state index >= 15 is 0 Å². The Morgan fingerprint density at radius 2 is 1.48 bits per heavy atom. The molecule has 0 saturated heterocycles. The van der Waals surface area contributed by atoms with Crippen LogP contribution < -0.4 is 0 Å². The summed E-state index contributed by atoms with van der Waals surface area (Å²) in [6, 6.07) is 0. The van der Waals surface area contributed by atoms with Crippen LogP contribution in [0.3, 0.4) is 0 Å². The molecular weight excluding hydrogens is 504 g/mol. The van der Waals surface area contributed by atoms with E-state index in [4.69, 9.17) is 0 Å². The summed E-state index contributed by atoms with van der Waals surface area (Å²) >= 11 is 0. The zero-order valence-electron chi connectivity index (χ0n) is 30.0. The second kappa shape index (κ2) is 11.5. The number of hydrogen-bond acceptors (Lipinski definition) is 0. The molecule has 0 aromatic heterocycles. The van der Waals surface area contributed by atoms with Gasteiger partial charge < -0.3 is 0 Å². The largest absolute Gasteiger partial charge is 0.0730 e. The molecule has 240 valence electrons. The summed E-state index contributed by atoms with van der Waals surface area (Å²) in [5.41, 5.74) is 4.92. The molecular formula is C42H72. The smallest absolute Gasteiger partial charge is 0.0165 e. The van der Waals surface area contributed by atoms with Gasteiger partial charge in [0.05, 0.1) is 0 Å². The third-order valence-corrected chi connectivity index (χ3v) is 16.9. The zero-order chi connectivity index (χ0) is 30.2. The van der Waals surface area contributed by atoms with Crippen LogP contribution in [-0.2, 0) is 0 Å². The molecule has 0 spiro atoms. The monoisotopic (exact) mass is 577 g/mol. The van der Waals surface area contributed by atoms with E-state index in [1.807, 2.05) is 5.57 Å². The molecule has 0 N–H and O–H groups in total. The third kappa shape index (κ3) is 4.95. The van der Waals surface area contributed by atoms with Crippen molar-refractivity contribution in [3.8, 4) is 0 Å². The molecule has 0 heterocycles. The maximum absolute atomic E-state index is 2.83. The van der Waals surface area contributed by atoms with Crippen molar-refractivity contribution in [2.45, 2.75) is 166 Å². The fourth-order valence-corrected chi connectivity index (χ4v) is 15.5. The molecule has 6 aliphatic rings. The number of hydrogen-bond donors (Lipinski definition) is 0. The summed E-state index contributed by atoms with van der Waals surface area (Å²) in [6.07, 6.45) is 22.9. The van der Waals surface area contributed by atoms with Gasteiger partial charge in [0.15, 0.2) is 0 Å². The van der Waals surface area contributed by atoms with Crippen molar-refractivity contribution in [3.63, 3.8) is 0 Å². The average molecular weight is 577 g/mol. The molecule has 0 radical (unpaired) electrons. The molecule has 0 aromatic carbocycles. The lowest BCUT2D eigenvalue weighted by molar-refractivity contribution is -0.218. The summed E-state index contributed by atoms with van der Waals surface area (Å²) < 4.78 is 0. The fraction of sp³-hybridized carbons (Fsp3) is 0.952. The Morgan fingerprint density at radius 3 is 2.17 bits per heavy atom. The first-order valence-corrected chi connectivity index (χ1v) is 19.5. The molecule has 0 aliphatic heterocycles. The van der Waals surface area contributed by atoms with Crippen molar-refractivity contribution in [2.24, 2.45) is 87.3 Å². The Morgan fingerprint density at radius 1 is 0.786 bits per heavy atom. The SMILES string of the molecule is CC1=C(C(C)C)C(C)[C@@]2(C)C(C)C3C(C)C4C(C)CCC(C5CCCC(CC6CCCCC6)C5)C4C[C@@]3(C)C[C@@]2(C)C1. The van der Waals surface area contributed by atoms with Crippen molar-refractivity contribution in [2.75, 3.05) is 0 Å². The van der Waals surface area contributed by atoms with Gasteiger partial charge in [0.2, 0.25) is 0 Å². The number of rotatable bonds is 4. The van der Waals surface area contributed by atoms with Crippen LogP contribution in [0.2, 0.25) is 0 Å². The standard InChI is InChI=1S/C42H72/c1-26(2)37-28(4)23-41(9)25-40(8)24-36-35(34-18-14-17-33(22-34)21-32-15-12-11-13-16-32)20-19-27(3)38(36)29(5)39(40)31(7)42(41,10)30(37)6/h26-27,29-36,38-39H,11-25H2,1-10H3/t27?,29?,30?,31?,33?,34?,35?,36?,38?,39?,40-,41+,42-/m0/s1. The van der Waals surface area contributed by atoms with Crippen LogP contribution in [0.25, 0.3) is 0 Å². The molecule has 0 bridgehead atoms. The van der Waals surface area contributed by atoms with Crippen LogP contribution in [0, 0.1) is 87.3 Å². The maximum atomic E-state index is 2.83. The van der Waals surface area contributed by atoms with Crippen molar-refractivity contribution >= 4 is 0 Å². The van der Waals surface area contributed by atoms with Crippen LogP contribution in [-0.4, -0.2) is 0 Å². The van der Waals surface area contributed by atoms with E-state index < -0.39 is 0 Å². The Labute approximate surface area is 263 Å². The molecule has 6 aliphatic carbocycles. The minimum absolute atomic E-state index is 0.407. The first-order chi connectivity index (χ1) is 19.8. The van der Waals surface area contributed by atoms with Crippen molar-refractivity contribution in [3.05, 3.63) is 11.1 Å². The summed E-state index contributed by atoms with van der Waals surface area (Å²) in [6.45, 7) is 26.7. The Balaban J connectivity index is 1.28. The van der Waals surface area contributed by atoms with Crippen LogP contribution in [0.1, 0.15) is 166 Å². The number of fused-ring (bicyclic) bond motifs is 3. The molecule has 42 heavy (non-hydrogen) atoms. The van der Waals surface area contributed by atoms with Gasteiger partial charge in [-0.3, -0.25) is 0 Å². The molecule has 5 fully saturated rings. The van der Waals surface area contributed by atoms with Gasteiger partial charge in [-0.15, -0.1) is 0 Å². The molecule has 0 aromatic rings. The first kappa shape index (κ1) is 31.7. The van der Waals surface area contributed by atoms with E-state index in [9.17, 15) is 0 Å². The van der Waals surface area contributed by atoms with Gasteiger partial charge in [-0.25, -0.2) is 0 Å². The topological polar surface area (TPSA) is 0 Å². The van der Waals surface area contributed by atoms with E-state index in [0.717, 1.165) is 59.2 Å². The average Bonchev–Trinajstić information content (AvgIpc) is 2.91. The highest BCUT2D eigenvalue weighted by atomic mass is 14.7. The van der Waals surface area contributed by atoms with Crippen LogP contribution in [0.4, 0.5) is 0 Å². The zero-order valence-corrected chi connectivity index (χ0v) is 30.0. The van der Waals surface area contributed by atoms with Crippen LogP contribution in [0.5, 0.6) is 0 Å². The lowest BCUT2D eigenvalue weighted by Gasteiger charge is -2.72. The van der Waals surface area contributed by atoms with E-state index in [-0.39, 0.29) is 0 Å². The predicted octanol–water partition coefficient (Wildman–Crippen LogP) is 12.8. The van der Waals surface area contributed by atoms with Gasteiger partial charge >= 0.3 is 0 Å². The third-order valence-electron chi connectivity index (χ3n) is 16.9. The van der Waals surface area contributed by atoms with Crippen LogP contribution in [0.15, 0.2) is 11.1 Å². The summed E-state index contributed by atoms with van der Waals surface area (Å²) in [7, 11) is 0. The molecule has 0 heteroatoms. The van der Waals surface area contributed by atoms with Crippen molar-refractivity contribution < 1.29 is 0 Å². The van der Waals surface area contributed by atoms with Gasteiger partial charge in [0, 0.05) is 0 Å². The van der Waals surface area contributed by atoms with Gasteiger partial charge in [0.1, 0.15) is 0 Å². The lowest BCUT2D eigenvalue weighted by Crippen LogP contribution is -2.65. The molecule has 0 amide bonds. The fourth-order valence-electron chi connectivity index (χ4n) is 15.5. The lowest BCUT2D eigenvalue weighted by atomic mass is 9.33. The normalized spacial score (nSPS) is 52.1. The quantitative estimate of drug-likeness (QED) is 0.292. The Hall–Kier alpha value is -0.260. The molecule has 5 saturated carbocycles. The van der Waals surface area contributed by atoms with Crippen molar-refractivity contribution in [1.29, 1.82) is 0 Å². The Kier molecular flexibility index (Phi) is 8.70. The van der Waals surface area contributed by atoms with Crippen molar-refractivity contribution in [1.82, 2.24) is 0 Å². The summed E-state index contributed by atoms with van der Waals surface area (Å²) in [5, 5.41) is 0. The minimum Gasteiger partial charge on any atom is -0.0730 e. The predicted molar refractivity (Wildman–Crippen MR) is 182 cm³/mol. The van der Waals surface area contributed by atoms with Gasteiger partial charge in [-0.2, -0.15) is 0 Å². The highest BCUT2D eigenvalue weighted by molar-refractivity contribution is 5.30. The van der Waals surface area contributed by atoms with E-state index in [1.165, 1.54) is 44.9 Å². The van der Waals surface area contributed by atoms with Crippen LogP contribution >= 0.6 is 0 Å². The number of allylic oxidation sites excluding steroid dienone is 2. The van der Waals surface area contributed by atoms with E-state index in [0.29, 0.717) is 28.1 Å². The molecule has 0 nitrogen and oxygen atoms in total. The summed E-state index contributed by atoms with van der Waals surface area (Å²) in [4.78, 5) is 0. The highest BCUT2D eigenvalue weighted by Crippen LogP contribution is 2.75. The van der Waals surface area contributed by atoms with E-state index in [2.05, 4.69) is 69.2 Å². The maximum Gasteiger partial charge on any atom is -0.0165 e. The second-order valence-electron chi connectivity index (χ2n) is 19.3. The van der Waals surface area contributed by atoms with Gasteiger partial charge in [0.25, 0.3) is 0 Å². The molecule has 10 unspecified atom stereocenters.